The van der Waals surface area contributed by atoms with Gasteiger partial charge in [0.1, 0.15) is 0 Å². The van der Waals surface area contributed by atoms with E-state index in [1.807, 2.05) is 0 Å². The molecule has 0 aromatic carbocycles. The lowest BCUT2D eigenvalue weighted by molar-refractivity contribution is 0.683. The van der Waals surface area contributed by atoms with Crippen molar-refractivity contribution in [2.24, 2.45) is 0 Å². The second kappa shape index (κ2) is 1.44. The number of hydrogen-bond acceptors (Lipinski definition) is 1. The summed E-state index contributed by atoms with van der Waals surface area (Å²) in [4.78, 5) is 0. The first-order valence-corrected chi connectivity index (χ1v) is 4.23. The fraction of sp³-hybridized carbons (Fsp3) is 0.667. The average molecular weight is 128 g/mol. The van der Waals surface area contributed by atoms with Crippen molar-refractivity contribution in [2.75, 3.05) is 0 Å². The molecule has 0 aliphatic carbocycles. The standard InChI is InChI=1S/C6H8OS/c7-8-5-1-2-6(8)4-3-5/h1-2,5-6H,3-4H2/t5-,6+,8?. The summed E-state index contributed by atoms with van der Waals surface area (Å²) in [5, 5.41) is 0.861. The maximum absolute atomic E-state index is 11.0. The molecule has 0 aromatic heterocycles. The summed E-state index contributed by atoms with van der Waals surface area (Å²) in [6.07, 6.45) is 6.52. The van der Waals surface area contributed by atoms with Gasteiger partial charge in [-0.3, -0.25) is 4.21 Å². The zero-order valence-electron chi connectivity index (χ0n) is 4.54. The highest BCUT2D eigenvalue weighted by Crippen LogP contribution is 2.30. The van der Waals surface area contributed by atoms with Crippen molar-refractivity contribution in [1.82, 2.24) is 0 Å². The summed E-state index contributed by atoms with van der Waals surface area (Å²) in [5.74, 6) is 0. The van der Waals surface area contributed by atoms with Gasteiger partial charge < -0.3 is 0 Å². The molecule has 1 fully saturated rings. The van der Waals surface area contributed by atoms with Crippen LogP contribution in [0.15, 0.2) is 12.2 Å². The van der Waals surface area contributed by atoms with E-state index in [4.69, 9.17) is 0 Å². The van der Waals surface area contributed by atoms with E-state index >= 15 is 0 Å². The Kier molecular flexibility index (Phi) is 0.852. The van der Waals surface area contributed by atoms with Crippen LogP contribution in [0.4, 0.5) is 0 Å². The molecule has 2 heterocycles. The molecule has 2 aliphatic rings. The predicted octanol–water partition coefficient (Wildman–Crippen LogP) is 0.836. The van der Waals surface area contributed by atoms with Crippen molar-refractivity contribution >= 4 is 10.8 Å². The van der Waals surface area contributed by atoms with E-state index in [1.165, 1.54) is 0 Å². The van der Waals surface area contributed by atoms with E-state index < -0.39 is 10.8 Å². The molecule has 3 atom stereocenters. The van der Waals surface area contributed by atoms with Crippen LogP contribution >= 0.6 is 0 Å². The Hall–Kier alpha value is -0.110. The van der Waals surface area contributed by atoms with Gasteiger partial charge in [-0.25, -0.2) is 0 Å². The third-order valence-corrected chi connectivity index (χ3v) is 3.85. The van der Waals surface area contributed by atoms with Gasteiger partial charge in [-0.2, -0.15) is 0 Å². The Balaban J connectivity index is 2.39. The molecule has 8 heavy (non-hydrogen) atoms. The summed E-state index contributed by atoms with van der Waals surface area (Å²) >= 11 is 0. The lowest BCUT2D eigenvalue weighted by Crippen LogP contribution is -2.02. The van der Waals surface area contributed by atoms with Gasteiger partial charge in [-0.15, -0.1) is 0 Å². The van der Waals surface area contributed by atoms with Crippen LogP contribution < -0.4 is 0 Å². The Morgan fingerprint density at radius 1 is 1.25 bits per heavy atom. The number of fused-ring (bicyclic) bond motifs is 2. The lowest BCUT2D eigenvalue weighted by atomic mass is 10.1. The smallest absolute Gasteiger partial charge is 0.0534 e. The molecular weight excluding hydrogens is 120 g/mol. The first kappa shape index (κ1) is 4.74. The zero-order chi connectivity index (χ0) is 5.56. The summed E-state index contributed by atoms with van der Waals surface area (Å²) in [5.41, 5.74) is 0. The molecule has 2 rings (SSSR count). The van der Waals surface area contributed by atoms with E-state index in [2.05, 4.69) is 12.2 Å². The summed E-state index contributed by atoms with van der Waals surface area (Å²) in [7, 11) is -0.512. The van der Waals surface area contributed by atoms with Crippen LogP contribution in [0.1, 0.15) is 12.8 Å². The van der Waals surface area contributed by atoms with Crippen LogP contribution in [0, 0.1) is 0 Å². The maximum Gasteiger partial charge on any atom is 0.0534 e. The van der Waals surface area contributed by atoms with Crippen LogP contribution in [-0.4, -0.2) is 14.7 Å². The Bertz CT molecular complexity index is 146. The summed E-state index contributed by atoms with van der Waals surface area (Å²) < 4.78 is 11.0. The summed E-state index contributed by atoms with van der Waals surface area (Å²) in [6.45, 7) is 0. The highest BCUT2D eigenvalue weighted by molar-refractivity contribution is 7.87. The Morgan fingerprint density at radius 2 is 1.75 bits per heavy atom. The van der Waals surface area contributed by atoms with Crippen molar-refractivity contribution in [1.29, 1.82) is 0 Å². The van der Waals surface area contributed by atoms with Crippen LogP contribution in [0.5, 0.6) is 0 Å². The van der Waals surface area contributed by atoms with Gasteiger partial charge in [0.15, 0.2) is 0 Å². The second-order valence-corrected chi connectivity index (χ2v) is 4.24. The molecule has 0 aromatic rings. The van der Waals surface area contributed by atoms with Gasteiger partial charge in [-0.1, -0.05) is 12.2 Å². The van der Waals surface area contributed by atoms with Crippen molar-refractivity contribution < 1.29 is 4.21 Å². The van der Waals surface area contributed by atoms with Gasteiger partial charge in [0.05, 0.1) is 10.5 Å². The molecule has 1 saturated heterocycles. The molecule has 0 spiro atoms. The number of rotatable bonds is 0. The second-order valence-electron chi connectivity index (χ2n) is 2.37. The normalized spacial score (nSPS) is 50.8. The monoisotopic (exact) mass is 128 g/mol. The van der Waals surface area contributed by atoms with Gasteiger partial charge in [0.2, 0.25) is 0 Å². The molecule has 2 bridgehead atoms. The van der Waals surface area contributed by atoms with E-state index in [9.17, 15) is 4.21 Å². The quantitative estimate of drug-likeness (QED) is 0.442. The average Bonchev–Trinajstić information content (AvgIpc) is 2.29. The van der Waals surface area contributed by atoms with E-state index in [0.717, 1.165) is 12.8 Å². The van der Waals surface area contributed by atoms with E-state index in [-0.39, 0.29) is 0 Å². The molecule has 1 unspecified atom stereocenters. The van der Waals surface area contributed by atoms with Gasteiger partial charge in [0, 0.05) is 10.8 Å². The summed E-state index contributed by atoms with van der Waals surface area (Å²) in [6, 6.07) is 0. The molecule has 44 valence electrons. The van der Waals surface area contributed by atoms with Crippen LogP contribution in [0.2, 0.25) is 0 Å². The molecule has 0 amide bonds. The Morgan fingerprint density at radius 3 is 1.88 bits per heavy atom. The largest absolute Gasteiger partial charge is 0.258 e. The third-order valence-electron chi connectivity index (χ3n) is 1.87. The van der Waals surface area contributed by atoms with Crippen molar-refractivity contribution in [3.05, 3.63) is 12.2 Å². The van der Waals surface area contributed by atoms with Crippen molar-refractivity contribution in [2.45, 2.75) is 23.3 Å². The Labute approximate surface area is 51.2 Å². The molecule has 2 aliphatic heterocycles. The topological polar surface area (TPSA) is 17.1 Å². The molecule has 0 saturated carbocycles. The molecular formula is C6H8OS. The predicted molar refractivity (Wildman–Crippen MR) is 34.1 cm³/mol. The molecule has 1 nitrogen and oxygen atoms in total. The first-order valence-electron chi connectivity index (χ1n) is 2.95. The number of hydrogen-bond donors (Lipinski definition) is 0. The fourth-order valence-electron chi connectivity index (χ4n) is 1.38. The van der Waals surface area contributed by atoms with Gasteiger partial charge in [0.25, 0.3) is 0 Å². The zero-order valence-corrected chi connectivity index (χ0v) is 5.36. The highest BCUT2D eigenvalue weighted by Gasteiger charge is 2.33. The fourth-order valence-corrected chi connectivity index (χ4v) is 3.06. The molecule has 0 N–H and O–H groups in total. The van der Waals surface area contributed by atoms with E-state index in [0.29, 0.717) is 10.5 Å². The SMILES string of the molecule is O=S1[C@@H]2C=C[C@H]1CC2. The highest BCUT2D eigenvalue weighted by atomic mass is 32.2. The van der Waals surface area contributed by atoms with Gasteiger partial charge in [-0.05, 0) is 12.8 Å². The van der Waals surface area contributed by atoms with Crippen LogP contribution in [0.3, 0.4) is 0 Å². The van der Waals surface area contributed by atoms with Crippen molar-refractivity contribution in [3.8, 4) is 0 Å². The minimum absolute atomic E-state index is 0.431. The maximum atomic E-state index is 11.0. The molecule has 0 radical (unpaired) electrons. The lowest BCUT2D eigenvalue weighted by Gasteiger charge is -1.93. The van der Waals surface area contributed by atoms with Gasteiger partial charge >= 0.3 is 0 Å². The minimum atomic E-state index is -0.512. The van der Waals surface area contributed by atoms with E-state index in [1.54, 1.807) is 0 Å². The minimum Gasteiger partial charge on any atom is -0.258 e. The van der Waals surface area contributed by atoms with Crippen molar-refractivity contribution in [3.63, 3.8) is 0 Å². The third kappa shape index (κ3) is 0.440. The first-order chi connectivity index (χ1) is 3.88. The molecule has 2 heteroatoms. The van der Waals surface area contributed by atoms with Crippen LogP contribution in [0.25, 0.3) is 0 Å². The van der Waals surface area contributed by atoms with Crippen LogP contribution in [-0.2, 0) is 10.8 Å².